The van der Waals surface area contributed by atoms with E-state index in [0.717, 1.165) is 96.3 Å². The molecule has 0 aromatic heterocycles. The van der Waals surface area contributed by atoms with Crippen molar-refractivity contribution in [1.29, 1.82) is 0 Å². The van der Waals surface area contributed by atoms with E-state index >= 15 is 0 Å². The van der Waals surface area contributed by atoms with E-state index in [9.17, 15) is 19.8 Å². The number of amides is 1. The minimum atomic E-state index is -0.796. The topological polar surface area (TPSA) is 95.9 Å². The zero-order valence-electron chi connectivity index (χ0n) is 38.9. The van der Waals surface area contributed by atoms with Crippen molar-refractivity contribution in [3.05, 3.63) is 60.8 Å². The summed E-state index contributed by atoms with van der Waals surface area (Å²) in [7, 11) is 0. The molecule has 1 amide bonds. The van der Waals surface area contributed by atoms with Crippen LogP contribution < -0.4 is 5.32 Å². The third-order valence-electron chi connectivity index (χ3n) is 11.2. The standard InChI is InChI=1S/C53H95NO5/c1-4-7-10-13-16-19-21-23-24-25-26-27-29-31-34-37-40-43-46-53(58)59-49(44-41-38-35-33-30-28-22-20-17-14-11-8-5-2)47-52(57)54-50(48-55)51(56)45-42-39-36-32-18-15-12-9-6-3/h17,20-28,49-51,55-56H,4-16,18-19,29-48H2,1-3H3,(H,54,57)/b20-17+,23-21+,25-24+,27-26+,28-22+. The summed E-state index contributed by atoms with van der Waals surface area (Å²) >= 11 is 0. The molecule has 0 saturated carbocycles. The smallest absolute Gasteiger partial charge is 0.306 e. The van der Waals surface area contributed by atoms with E-state index in [-0.39, 0.29) is 24.9 Å². The second-order valence-electron chi connectivity index (χ2n) is 17.0. The molecule has 0 saturated heterocycles. The Balaban J connectivity index is 4.63. The van der Waals surface area contributed by atoms with Crippen molar-refractivity contribution in [3.63, 3.8) is 0 Å². The normalized spacial score (nSPS) is 13.8. The Bertz CT molecular complexity index is 1060. The van der Waals surface area contributed by atoms with Crippen LogP contribution in [0.15, 0.2) is 60.8 Å². The first kappa shape index (κ1) is 56.6. The van der Waals surface area contributed by atoms with Gasteiger partial charge in [0, 0.05) is 6.42 Å². The van der Waals surface area contributed by atoms with Crippen LogP contribution in [0.1, 0.15) is 239 Å². The second kappa shape index (κ2) is 46.6. The van der Waals surface area contributed by atoms with Gasteiger partial charge >= 0.3 is 5.97 Å². The molecule has 0 rings (SSSR count). The van der Waals surface area contributed by atoms with Crippen LogP contribution in [0.2, 0.25) is 0 Å². The molecule has 6 heteroatoms. The van der Waals surface area contributed by atoms with Crippen molar-refractivity contribution < 1.29 is 24.5 Å². The van der Waals surface area contributed by atoms with E-state index < -0.39 is 18.2 Å². The van der Waals surface area contributed by atoms with Crippen LogP contribution in [-0.2, 0) is 14.3 Å². The Hall–Kier alpha value is -2.44. The summed E-state index contributed by atoms with van der Waals surface area (Å²) in [6.07, 6.45) is 57.1. The van der Waals surface area contributed by atoms with Gasteiger partial charge in [-0.05, 0) is 77.0 Å². The SMILES string of the molecule is CCCCC/C=C/C=C/CCCCCCC(CC(=O)NC(CO)C(O)CCCCCCCCCCC)OC(=O)CCCCCCC/C=C/C=C/C=C/CCCCCCC. The number of esters is 1. The van der Waals surface area contributed by atoms with Crippen molar-refractivity contribution in [1.82, 2.24) is 5.32 Å². The lowest BCUT2D eigenvalue weighted by atomic mass is 10.0. The molecule has 3 unspecified atom stereocenters. The monoisotopic (exact) mass is 826 g/mol. The lowest BCUT2D eigenvalue weighted by Gasteiger charge is -2.24. The molecule has 0 spiro atoms. The van der Waals surface area contributed by atoms with Gasteiger partial charge in [-0.3, -0.25) is 9.59 Å². The van der Waals surface area contributed by atoms with E-state index in [4.69, 9.17) is 4.74 Å². The average molecular weight is 826 g/mol. The van der Waals surface area contributed by atoms with Gasteiger partial charge in [0.1, 0.15) is 6.10 Å². The Labute approximate surface area is 365 Å². The molecule has 0 aliphatic heterocycles. The van der Waals surface area contributed by atoms with E-state index in [1.54, 1.807) is 0 Å². The first-order valence-electron chi connectivity index (χ1n) is 25.1. The fraction of sp³-hybridized carbons (Fsp3) is 0.774. The lowest BCUT2D eigenvalue weighted by molar-refractivity contribution is -0.151. The number of aliphatic hydroxyl groups is 2. The lowest BCUT2D eigenvalue weighted by Crippen LogP contribution is -2.46. The molecular formula is C53H95NO5. The van der Waals surface area contributed by atoms with Gasteiger partial charge < -0.3 is 20.3 Å². The number of carbonyl (C=O) groups is 2. The van der Waals surface area contributed by atoms with Crippen LogP contribution >= 0.6 is 0 Å². The molecule has 0 aromatic rings. The third kappa shape index (κ3) is 42.1. The fourth-order valence-electron chi connectivity index (χ4n) is 7.30. The van der Waals surface area contributed by atoms with Crippen molar-refractivity contribution in [2.75, 3.05) is 6.61 Å². The number of aliphatic hydroxyl groups excluding tert-OH is 2. The van der Waals surface area contributed by atoms with Crippen LogP contribution in [0.25, 0.3) is 0 Å². The summed E-state index contributed by atoms with van der Waals surface area (Å²) < 4.78 is 5.91. The first-order valence-corrected chi connectivity index (χ1v) is 25.1. The van der Waals surface area contributed by atoms with Crippen molar-refractivity contribution in [2.45, 2.75) is 257 Å². The predicted octanol–water partition coefficient (Wildman–Crippen LogP) is 14.8. The number of unbranched alkanes of at least 4 members (excludes halogenated alkanes) is 25. The second-order valence-corrected chi connectivity index (χ2v) is 17.0. The minimum absolute atomic E-state index is 0.0540. The summed E-state index contributed by atoms with van der Waals surface area (Å²) in [5.74, 6) is -0.518. The number of rotatable bonds is 44. The molecule has 0 aromatic carbocycles. The molecule has 0 aliphatic carbocycles. The van der Waals surface area contributed by atoms with Gasteiger partial charge in [0.2, 0.25) is 5.91 Å². The number of allylic oxidation sites excluding steroid dienone is 10. The molecule has 0 heterocycles. The summed E-state index contributed by atoms with van der Waals surface area (Å²) in [5.41, 5.74) is 0. The van der Waals surface area contributed by atoms with Crippen LogP contribution in [0.5, 0.6) is 0 Å². The Morgan fingerprint density at radius 3 is 1.34 bits per heavy atom. The van der Waals surface area contributed by atoms with Gasteiger partial charge in [-0.15, -0.1) is 0 Å². The van der Waals surface area contributed by atoms with Crippen LogP contribution in [0.3, 0.4) is 0 Å². The Morgan fingerprint density at radius 1 is 0.492 bits per heavy atom. The van der Waals surface area contributed by atoms with Gasteiger partial charge in [0.15, 0.2) is 0 Å². The minimum Gasteiger partial charge on any atom is -0.462 e. The van der Waals surface area contributed by atoms with E-state index in [2.05, 4.69) is 86.8 Å². The highest BCUT2D eigenvalue weighted by Crippen LogP contribution is 2.17. The highest BCUT2D eigenvalue weighted by Gasteiger charge is 2.24. The number of nitrogens with one attached hydrogen (secondary N) is 1. The maximum atomic E-state index is 13.2. The summed E-state index contributed by atoms with van der Waals surface area (Å²) in [6.45, 7) is 6.40. The highest BCUT2D eigenvalue weighted by molar-refractivity contribution is 5.77. The third-order valence-corrected chi connectivity index (χ3v) is 11.2. The molecule has 0 aliphatic rings. The number of carbonyl (C=O) groups excluding carboxylic acids is 2. The summed E-state index contributed by atoms with van der Waals surface area (Å²) in [5, 5.41) is 23.6. The Kier molecular flexibility index (Phi) is 44.7. The van der Waals surface area contributed by atoms with E-state index in [1.807, 2.05) is 0 Å². The van der Waals surface area contributed by atoms with Gasteiger partial charge in [-0.2, -0.15) is 0 Å². The van der Waals surface area contributed by atoms with E-state index in [0.29, 0.717) is 19.3 Å². The molecule has 342 valence electrons. The fourth-order valence-corrected chi connectivity index (χ4v) is 7.30. The van der Waals surface area contributed by atoms with Crippen molar-refractivity contribution in [2.24, 2.45) is 0 Å². The molecular weight excluding hydrogens is 731 g/mol. The van der Waals surface area contributed by atoms with Crippen LogP contribution in [0.4, 0.5) is 0 Å². The van der Waals surface area contributed by atoms with Gasteiger partial charge in [0.25, 0.3) is 0 Å². The van der Waals surface area contributed by atoms with Gasteiger partial charge in [-0.1, -0.05) is 210 Å². The average Bonchev–Trinajstić information content (AvgIpc) is 3.23. The van der Waals surface area contributed by atoms with Gasteiger partial charge in [0.05, 0.1) is 25.2 Å². The molecule has 0 radical (unpaired) electrons. The van der Waals surface area contributed by atoms with Crippen molar-refractivity contribution >= 4 is 11.9 Å². The van der Waals surface area contributed by atoms with Crippen LogP contribution in [-0.4, -0.2) is 46.9 Å². The number of hydrogen-bond acceptors (Lipinski definition) is 5. The van der Waals surface area contributed by atoms with Crippen LogP contribution in [0, 0.1) is 0 Å². The van der Waals surface area contributed by atoms with Gasteiger partial charge in [-0.25, -0.2) is 0 Å². The van der Waals surface area contributed by atoms with E-state index in [1.165, 1.54) is 96.3 Å². The Morgan fingerprint density at radius 2 is 0.864 bits per heavy atom. The zero-order chi connectivity index (χ0) is 43.1. The molecule has 3 atom stereocenters. The maximum Gasteiger partial charge on any atom is 0.306 e. The summed E-state index contributed by atoms with van der Waals surface area (Å²) in [6, 6.07) is -0.712. The zero-order valence-corrected chi connectivity index (χ0v) is 38.9. The first-order chi connectivity index (χ1) is 29.0. The maximum absolute atomic E-state index is 13.2. The predicted molar refractivity (Wildman–Crippen MR) is 255 cm³/mol. The highest BCUT2D eigenvalue weighted by atomic mass is 16.5. The van der Waals surface area contributed by atoms with Crippen molar-refractivity contribution in [3.8, 4) is 0 Å². The summed E-state index contributed by atoms with van der Waals surface area (Å²) in [4.78, 5) is 26.1. The molecule has 59 heavy (non-hydrogen) atoms. The number of hydrogen-bond donors (Lipinski definition) is 3. The number of ether oxygens (including phenoxy) is 1. The molecule has 0 bridgehead atoms. The molecule has 6 nitrogen and oxygen atoms in total. The quantitative estimate of drug-likeness (QED) is 0.0323. The molecule has 0 fully saturated rings. The largest absolute Gasteiger partial charge is 0.462 e. The molecule has 3 N–H and O–H groups in total.